The largest absolute Gasteiger partial charge is 0.351 e. The van der Waals surface area contributed by atoms with Crippen molar-refractivity contribution >= 4 is 27.5 Å². The van der Waals surface area contributed by atoms with Crippen LogP contribution in [0.1, 0.15) is 22.6 Å². The fourth-order valence-corrected chi connectivity index (χ4v) is 2.98. The van der Waals surface area contributed by atoms with Gasteiger partial charge in [-0.15, -0.1) is 0 Å². The van der Waals surface area contributed by atoms with Crippen LogP contribution in [-0.4, -0.2) is 43.0 Å². The molecule has 0 unspecified atom stereocenters. The number of carbonyl (C=O) groups excluding carboxylic acids is 1. The quantitative estimate of drug-likeness (QED) is 0.579. The van der Waals surface area contributed by atoms with E-state index in [2.05, 4.69) is 39.5 Å². The summed E-state index contributed by atoms with van der Waals surface area (Å²) in [6, 6.07) is 14.3. The van der Waals surface area contributed by atoms with E-state index in [9.17, 15) is 4.79 Å². The molecule has 24 heavy (non-hydrogen) atoms. The van der Waals surface area contributed by atoms with Gasteiger partial charge in [0.2, 0.25) is 0 Å². The molecule has 0 aliphatic heterocycles. The number of amides is 1. The molecule has 0 radical (unpaired) electrons. The minimum Gasteiger partial charge on any atom is -0.351 e. The summed E-state index contributed by atoms with van der Waals surface area (Å²) in [4.78, 5) is 19.0. The smallest absolute Gasteiger partial charge is 0.269 e. The van der Waals surface area contributed by atoms with E-state index < -0.39 is 0 Å². The van der Waals surface area contributed by atoms with Crippen LogP contribution in [0.4, 0.5) is 0 Å². The molecular weight excluding hydrogens is 298 g/mol. The summed E-state index contributed by atoms with van der Waals surface area (Å²) in [5, 5.41) is 7.47. The molecule has 0 atom stereocenters. The number of benzene rings is 2. The van der Waals surface area contributed by atoms with E-state index in [1.165, 1.54) is 5.39 Å². The van der Waals surface area contributed by atoms with Gasteiger partial charge in [-0.2, -0.15) is 0 Å². The zero-order valence-corrected chi connectivity index (χ0v) is 14.5. The SMILES string of the molecule is Cc1nc(C(=O)NCCCN(C)C)cc2c1ccc1ccccc12. The summed E-state index contributed by atoms with van der Waals surface area (Å²) in [7, 11) is 4.06. The molecule has 4 heteroatoms. The van der Waals surface area contributed by atoms with Crippen LogP contribution in [0.2, 0.25) is 0 Å². The predicted molar refractivity (Wildman–Crippen MR) is 99.5 cm³/mol. The Balaban J connectivity index is 1.91. The van der Waals surface area contributed by atoms with Gasteiger partial charge in [-0.25, -0.2) is 4.98 Å². The van der Waals surface area contributed by atoms with Gasteiger partial charge in [-0.1, -0.05) is 36.4 Å². The molecule has 1 heterocycles. The molecule has 0 fully saturated rings. The van der Waals surface area contributed by atoms with Gasteiger partial charge in [0.1, 0.15) is 5.69 Å². The fourth-order valence-electron chi connectivity index (χ4n) is 2.98. The van der Waals surface area contributed by atoms with Crippen LogP contribution in [0, 0.1) is 6.92 Å². The lowest BCUT2D eigenvalue weighted by molar-refractivity contribution is 0.0947. The summed E-state index contributed by atoms with van der Waals surface area (Å²) in [5.41, 5.74) is 1.37. The Hall–Kier alpha value is -2.46. The van der Waals surface area contributed by atoms with Crippen LogP contribution in [0.25, 0.3) is 21.5 Å². The van der Waals surface area contributed by atoms with Crippen molar-refractivity contribution in [2.24, 2.45) is 0 Å². The highest BCUT2D eigenvalue weighted by molar-refractivity contribution is 6.10. The summed E-state index contributed by atoms with van der Waals surface area (Å²) < 4.78 is 0. The molecule has 4 nitrogen and oxygen atoms in total. The molecule has 3 aromatic rings. The number of hydrogen-bond donors (Lipinski definition) is 1. The highest BCUT2D eigenvalue weighted by Crippen LogP contribution is 2.27. The minimum atomic E-state index is -0.105. The van der Waals surface area contributed by atoms with Gasteiger partial charge >= 0.3 is 0 Å². The summed E-state index contributed by atoms with van der Waals surface area (Å²) >= 11 is 0. The maximum absolute atomic E-state index is 12.4. The summed E-state index contributed by atoms with van der Waals surface area (Å²) in [6.07, 6.45) is 0.925. The molecule has 1 aromatic heterocycles. The van der Waals surface area contributed by atoms with Gasteiger partial charge in [0, 0.05) is 17.6 Å². The van der Waals surface area contributed by atoms with Crippen molar-refractivity contribution in [3.8, 4) is 0 Å². The second-order valence-electron chi connectivity index (χ2n) is 6.39. The normalized spacial score (nSPS) is 11.3. The number of pyridine rings is 1. The number of hydrogen-bond acceptors (Lipinski definition) is 3. The first-order valence-electron chi connectivity index (χ1n) is 8.28. The number of nitrogens with zero attached hydrogens (tertiary/aromatic N) is 2. The Morgan fingerprint density at radius 3 is 2.67 bits per heavy atom. The molecule has 1 amide bonds. The Bertz CT molecular complexity index is 887. The maximum atomic E-state index is 12.4. The van der Waals surface area contributed by atoms with Crippen LogP contribution >= 0.6 is 0 Å². The van der Waals surface area contributed by atoms with E-state index in [0.717, 1.165) is 34.8 Å². The van der Waals surface area contributed by atoms with Gasteiger partial charge in [0.15, 0.2) is 0 Å². The third-order valence-corrected chi connectivity index (χ3v) is 4.23. The second-order valence-corrected chi connectivity index (χ2v) is 6.39. The number of aryl methyl sites for hydroxylation is 1. The number of fused-ring (bicyclic) bond motifs is 3. The van der Waals surface area contributed by atoms with E-state index in [-0.39, 0.29) is 5.91 Å². The van der Waals surface area contributed by atoms with E-state index in [1.54, 1.807) is 0 Å². The molecule has 3 rings (SSSR count). The molecule has 1 N–H and O–H groups in total. The zero-order chi connectivity index (χ0) is 17.1. The first-order chi connectivity index (χ1) is 11.6. The predicted octanol–water partition coefficient (Wildman–Crippen LogP) is 3.38. The molecule has 0 spiro atoms. The lowest BCUT2D eigenvalue weighted by Gasteiger charge is -2.11. The van der Waals surface area contributed by atoms with Gasteiger partial charge < -0.3 is 10.2 Å². The van der Waals surface area contributed by atoms with Crippen LogP contribution in [0.3, 0.4) is 0 Å². The fraction of sp³-hybridized carbons (Fsp3) is 0.300. The third kappa shape index (κ3) is 3.39. The molecule has 0 saturated heterocycles. The van der Waals surface area contributed by atoms with E-state index in [4.69, 9.17) is 0 Å². The molecule has 2 aromatic carbocycles. The Morgan fingerprint density at radius 1 is 1.08 bits per heavy atom. The minimum absolute atomic E-state index is 0.105. The van der Waals surface area contributed by atoms with E-state index >= 15 is 0 Å². The number of rotatable bonds is 5. The topological polar surface area (TPSA) is 45.2 Å². The van der Waals surface area contributed by atoms with Gasteiger partial charge in [-0.05, 0) is 56.2 Å². The Kier molecular flexibility index (Phi) is 4.76. The number of nitrogens with one attached hydrogen (secondary N) is 1. The standard InChI is InChI=1S/C20H23N3O/c1-14-16-10-9-15-7-4-5-8-17(15)18(16)13-19(22-14)20(24)21-11-6-12-23(2)3/h4-5,7-10,13H,6,11-12H2,1-3H3,(H,21,24). The molecule has 0 aliphatic rings. The molecular formula is C20H23N3O. The van der Waals surface area contributed by atoms with Crippen molar-refractivity contribution in [2.75, 3.05) is 27.2 Å². The second kappa shape index (κ2) is 6.97. The maximum Gasteiger partial charge on any atom is 0.269 e. The van der Waals surface area contributed by atoms with E-state index in [1.807, 2.05) is 39.2 Å². The van der Waals surface area contributed by atoms with Crippen LogP contribution in [-0.2, 0) is 0 Å². The molecule has 0 saturated carbocycles. The van der Waals surface area contributed by atoms with E-state index in [0.29, 0.717) is 12.2 Å². The van der Waals surface area contributed by atoms with Crippen molar-refractivity contribution in [2.45, 2.75) is 13.3 Å². The van der Waals surface area contributed by atoms with Crippen LogP contribution in [0.5, 0.6) is 0 Å². The highest BCUT2D eigenvalue weighted by atomic mass is 16.1. The molecule has 124 valence electrons. The average Bonchev–Trinajstić information content (AvgIpc) is 2.58. The van der Waals surface area contributed by atoms with Gasteiger partial charge in [-0.3, -0.25) is 4.79 Å². The molecule has 0 bridgehead atoms. The Labute approximate surface area is 142 Å². The van der Waals surface area contributed by atoms with Crippen molar-refractivity contribution < 1.29 is 4.79 Å². The van der Waals surface area contributed by atoms with Gasteiger partial charge in [0.05, 0.1) is 0 Å². The van der Waals surface area contributed by atoms with Crippen molar-refractivity contribution in [1.29, 1.82) is 0 Å². The monoisotopic (exact) mass is 321 g/mol. The highest BCUT2D eigenvalue weighted by Gasteiger charge is 2.11. The van der Waals surface area contributed by atoms with Crippen molar-refractivity contribution in [1.82, 2.24) is 15.2 Å². The Morgan fingerprint density at radius 2 is 1.88 bits per heavy atom. The van der Waals surface area contributed by atoms with Gasteiger partial charge in [0.25, 0.3) is 5.91 Å². The molecule has 0 aliphatic carbocycles. The zero-order valence-electron chi connectivity index (χ0n) is 14.5. The van der Waals surface area contributed by atoms with Crippen LogP contribution in [0.15, 0.2) is 42.5 Å². The van der Waals surface area contributed by atoms with Crippen molar-refractivity contribution in [3.63, 3.8) is 0 Å². The summed E-state index contributed by atoms with van der Waals surface area (Å²) in [6.45, 7) is 3.57. The van der Waals surface area contributed by atoms with Crippen LogP contribution < -0.4 is 5.32 Å². The van der Waals surface area contributed by atoms with Crippen molar-refractivity contribution in [3.05, 3.63) is 53.9 Å². The average molecular weight is 321 g/mol. The first-order valence-corrected chi connectivity index (χ1v) is 8.28. The number of aromatic nitrogens is 1. The lowest BCUT2D eigenvalue weighted by Crippen LogP contribution is -2.27. The summed E-state index contributed by atoms with van der Waals surface area (Å²) in [5.74, 6) is -0.105. The third-order valence-electron chi connectivity index (χ3n) is 4.23. The number of carbonyl (C=O) groups is 1. The first kappa shape index (κ1) is 16.4. The lowest BCUT2D eigenvalue weighted by atomic mass is 10.0.